The molecule has 1 fully saturated rings. The predicted octanol–water partition coefficient (Wildman–Crippen LogP) is 0.0547. The quantitative estimate of drug-likeness (QED) is 0.625. The number of rotatable bonds is 5. The van der Waals surface area contributed by atoms with Gasteiger partial charge in [-0.2, -0.15) is 0 Å². The molecule has 1 aliphatic carbocycles. The number of nitrogens with one attached hydrogen (secondary N) is 1. The van der Waals surface area contributed by atoms with Gasteiger partial charge >= 0.3 is 0 Å². The van der Waals surface area contributed by atoms with Crippen molar-refractivity contribution in [2.45, 2.75) is 26.2 Å². The maximum atomic E-state index is 10.6. The van der Waals surface area contributed by atoms with Crippen LogP contribution in [0.2, 0.25) is 0 Å². The minimum atomic E-state index is -3.29. The fraction of sp³-hybridized carbons (Fsp3) is 1.00. The van der Waals surface area contributed by atoms with Crippen LogP contribution in [-0.2, 0) is 10.0 Å². The molecule has 0 aromatic heterocycles. The lowest BCUT2D eigenvalue weighted by Crippen LogP contribution is -2.39. The third-order valence-corrected chi connectivity index (χ3v) is 3.45. The summed E-state index contributed by atoms with van der Waals surface area (Å²) in [6, 6.07) is 0. The zero-order chi connectivity index (χ0) is 9.95. The van der Waals surface area contributed by atoms with Gasteiger partial charge in [-0.15, -0.1) is 0 Å². The molecule has 0 radical (unpaired) electrons. The molecule has 0 aromatic rings. The van der Waals surface area contributed by atoms with Crippen molar-refractivity contribution in [1.82, 2.24) is 5.32 Å². The van der Waals surface area contributed by atoms with Crippen molar-refractivity contribution in [2.24, 2.45) is 10.6 Å². The molecule has 13 heavy (non-hydrogen) atoms. The first-order valence-corrected chi connectivity index (χ1v) is 6.34. The third kappa shape index (κ3) is 4.06. The van der Waals surface area contributed by atoms with Gasteiger partial charge in [0.15, 0.2) is 0 Å². The SMILES string of the molecule is CC1(CNCCS(N)(=O)=O)CCC1. The molecule has 1 rings (SSSR count). The van der Waals surface area contributed by atoms with Gasteiger partial charge in [-0.25, -0.2) is 13.6 Å². The van der Waals surface area contributed by atoms with E-state index < -0.39 is 10.0 Å². The molecule has 0 aliphatic heterocycles. The van der Waals surface area contributed by atoms with Crippen molar-refractivity contribution in [3.8, 4) is 0 Å². The van der Waals surface area contributed by atoms with Gasteiger partial charge in [0.2, 0.25) is 10.0 Å². The molecule has 0 bridgehead atoms. The smallest absolute Gasteiger partial charge is 0.210 e. The normalized spacial score (nSPS) is 21.1. The molecule has 1 saturated carbocycles. The highest BCUT2D eigenvalue weighted by Gasteiger charge is 2.30. The molecule has 0 saturated heterocycles. The summed E-state index contributed by atoms with van der Waals surface area (Å²) in [5, 5.41) is 7.99. The zero-order valence-corrected chi connectivity index (χ0v) is 8.86. The van der Waals surface area contributed by atoms with Gasteiger partial charge in [-0.05, 0) is 18.3 Å². The minimum absolute atomic E-state index is 0.0308. The van der Waals surface area contributed by atoms with Crippen LogP contribution in [0.3, 0.4) is 0 Å². The third-order valence-electron chi connectivity index (χ3n) is 2.68. The van der Waals surface area contributed by atoms with Crippen molar-refractivity contribution in [1.29, 1.82) is 0 Å². The summed E-state index contributed by atoms with van der Waals surface area (Å²) in [6.45, 7) is 3.59. The van der Waals surface area contributed by atoms with Crippen molar-refractivity contribution in [3.05, 3.63) is 0 Å². The van der Waals surface area contributed by atoms with Crippen LogP contribution in [0.25, 0.3) is 0 Å². The van der Waals surface area contributed by atoms with E-state index in [1.807, 2.05) is 0 Å². The van der Waals surface area contributed by atoms with Crippen molar-refractivity contribution in [3.63, 3.8) is 0 Å². The molecule has 0 amide bonds. The Hall–Kier alpha value is -0.130. The molecule has 3 N–H and O–H groups in total. The number of primary sulfonamides is 1. The molecule has 0 heterocycles. The maximum absolute atomic E-state index is 10.6. The fourth-order valence-corrected chi connectivity index (χ4v) is 1.99. The van der Waals surface area contributed by atoms with E-state index in [-0.39, 0.29) is 5.75 Å². The van der Waals surface area contributed by atoms with Gasteiger partial charge in [0, 0.05) is 13.1 Å². The van der Waals surface area contributed by atoms with Crippen LogP contribution in [0.1, 0.15) is 26.2 Å². The van der Waals surface area contributed by atoms with E-state index in [2.05, 4.69) is 12.2 Å². The van der Waals surface area contributed by atoms with Crippen LogP contribution < -0.4 is 10.5 Å². The summed E-state index contributed by atoms with van der Waals surface area (Å²) in [7, 11) is -3.29. The number of hydrogen-bond donors (Lipinski definition) is 2. The lowest BCUT2D eigenvalue weighted by molar-refractivity contribution is 0.158. The van der Waals surface area contributed by atoms with Crippen LogP contribution in [0.5, 0.6) is 0 Å². The van der Waals surface area contributed by atoms with Crippen molar-refractivity contribution >= 4 is 10.0 Å². The van der Waals surface area contributed by atoms with Crippen LogP contribution in [-0.4, -0.2) is 27.3 Å². The second-order valence-corrected chi connectivity index (χ2v) is 5.94. The van der Waals surface area contributed by atoms with E-state index in [1.165, 1.54) is 19.3 Å². The summed E-state index contributed by atoms with van der Waals surface area (Å²) < 4.78 is 21.2. The Morgan fingerprint density at radius 1 is 1.46 bits per heavy atom. The van der Waals surface area contributed by atoms with Gasteiger partial charge in [0.25, 0.3) is 0 Å². The second kappa shape index (κ2) is 3.94. The van der Waals surface area contributed by atoms with Gasteiger partial charge in [-0.3, -0.25) is 0 Å². The van der Waals surface area contributed by atoms with Crippen molar-refractivity contribution in [2.75, 3.05) is 18.8 Å². The first-order valence-electron chi connectivity index (χ1n) is 4.63. The average Bonchev–Trinajstić information content (AvgIpc) is 1.93. The van der Waals surface area contributed by atoms with Gasteiger partial charge < -0.3 is 5.32 Å². The number of nitrogens with two attached hydrogens (primary N) is 1. The summed E-state index contributed by atoms with van der Waals surface area (Å²) in [4.78, 5) is 0. The molecule has 5 heteroatoms. The van der Waals surface area contributed by atoms with Crippen molar-refractivity contribution < 1.29 is 8.42 Å². The molecule has 0 spiro atoms. The van der Waals surface area contributed by atoms with Crippen LogP contribution in [0, 0.1) is 5.41 Å². The molecular formula is C8H18N2O2S. The highest BCUT2D eigenvalue weighted by molar-refractivity contribution is 7.89. The maximum Gasteiger partial charge on any atom is 0.210 e. The van der Waals surface area contributed by atoms with Gasteiger partial charge in [0.05, 0.1) is 5.75 Å². The molecular weight excluding hydrogens is 188 g/mol. The Morgan fingerprint density at radius 2 is 2.08 bits per heavy atom. The van der Waals surface area contributed by atoms with Crippen LogP contribution in [0.15, 0.2) is 0 Å². The Balaban J connectivity index is 2.08. The number of hydrogen-bond acceptors (Lipinski definition) is 3. The highest BCUT2D eigenvalue weighted by Crippen LogP contribution is 2.39. The molecule has 1 aliphatic rings. The average molecular weight is 206 g/mol. The van der Waals surface area contributed by atoms with E-state index in [0.29, 0.717) is 12.0 Å². The molecule has 4 nitrogen and oxygen atoms in total. The van der Waals surface area contributed by atoms with Gasteiger partial charge in [-0.1, -0.05) is 13.3 Å². The minimum Gasteiger partial charge on any atom is -0.315 e. The highest BCUT2D eigenvalue weighted by atomic mass is 32.2. The van der Waals surface area contributed by atoms with E-state index in [1.54, 1.807) is 0 Å². The Bertz CT molecular complexity index is 257. The predicted molar refractivity (Wildman–Crippen MR) is 52.8 cm³/mol. The molecule has 0 unspecified atom stereocenters. The van der Waals surface area contributed by atoms with E-state index in [9.17, 15) is 8.42 Å². The summed E-state index contributed by atoms with van der Waals surface area (Å²) in [5.41, 5.74) is 0.401. The van der Waals surface area contributed by atoms with Gasteiger partial charge in [0.1, 0.15) is 0 Å². The van der Waals surface area contributed by atoms with E-state index in [4.69, 9.17) is 5.14 Å². The van der Waals surface area contributed by atoms with E-state index in [0.717, 1.165) is 6.54 Å². The Labute approximate surface area is 79.9 Å². The fourth-order valence-electron chi connectivity index (χ4n) is 1.56. The van der Waals surface area contributed by atoms with Crippen LogP contribution in [0.4, 0.5) is 0 Å². The largest absolute Gasteiger partial charge is 0.315 e. The lowest BCUT2D eigenvalue weighted by atomic mass is 9.70. The standard InChI is InChI=1S/C8H18N2O2S/c1-8(3-2-4-8)7-10-5-6-13(9,11)12/h10H,2-7H2,1H3,(H2,9,11,12). The Morgan fingerprint density at radius 3 is 2.46 bits per heavy atom. The molecule has 0 atom stereocenters. The Kier molecular flexibility index (Phi) is 3.32. The first kappa shape index (κ1) is 10.9. The zero-order valence-electron chi connectivity index (χ0n) is 8.04. The summed E-state index contributed by atoms with van der Waals surface area (Å²) in [5.74, 6) is 0.0308. The second-order valence-electron chi connectivity index (χ2n) is 4.21. The summed E-state index contributed by atoms with van der Waals surface area (Å²) >= 11 is 0. The topological polar surface area (TPSA) is 72.2 Å². The summed E-state index contributed by atoms with van der Waals surface area (Å²) in [6.07, 6.45) is 3.79. The molecule has 78 valence electrons. The van der Waals surface area contributed by atoms with E-state index >= 15 is 0 Å². The first-order chi connectivity index (χ1) is 5.91. The van der Waals surface area contributed by atoms with Crippen LogP contribution >= 0.6 is 0 Å². The lowest BCUT2D eigenvalue weighted by Gasteiger charge is -2.38. The number of sulfonamides is 1. The monoisotopic (exact) mass is 206 g/mol. The molecule has 0 aromatic carbocycles.